The quantitative estimate of drug-likeness (QED) is 0.662. The minimum absolute atomic E-state index is 0.117. The van der Waals surface area contributed by atoms with Crippen molar-refractivity contribution in [1.29, 1.82) is 0 Å². The van der Waals surface area contributed by atoms with E-state index in [1.807, 2.05) is 62.4 Å². The van der Waals surface area contributed by atoms with Crippen LogP contribution in [0.1, 0.15) is 27.9 Å². The number of aryl methyl sites for hydroxylation is 2. The normalized spacial score (nSPS) is 10.6. The molecule has 3 aromatic rings. The minimum Gasteiger partial charge on any atom is -0.321 e. The third-order valence-corrected chi connectivity index (χ3v) is 5.04. The summed E-state index contributed by atoms with van der Waals surface area (Å²) in [6.07, 6.45) is 0.709. The molecular formula is C19H17ClN2OS. The van der Waals surface area contributed by atoms with Gasteiger partial charge in [0, 0.05) is 16.3 Å². The van der Waals surface area contributed by atoms with E-state index >= 15 is 0 Å². The molecule has 0 unspecified atom stereocenters. The monoisotopic (exact) mass is 356 g/mol. The average Bonchev–Trinajstić information content (AvgIpc) is 3.02. The summed E-state index contributed by atoms with van der Waals surface area (Å²) in [7, 11) is 0. The maximum atomic E-state index is 12.6. The van der Waals surface area contributed by atoms with Crippen molar-refractivity contribution in [3.8, 4) is 10.6 Å². The molecule has 0 saturated carbocycles. The molecule has 0 aliphatic rings. The van der Waals surface area contributed by atoms with E-state index in [0.29, 0.717) is 16.3 Å². The molecule has 1 N–H and O–H groups in total. The number of carbonyl (C=O) groups is 1. The molecule has 0 fully saturated rings. The maximum absolute atomic E-state index is 12.6. The van der Waals surface area contributed by atoms with E-state index in [0.717, 1.165) is 27.5 Å². The molecule has 1 heterocycles. The van der Waals surface area contributed by atoms with Crippen LogP contribution in [-0.2, 0) is 6.42 Å². The number of nitrogens with one attached hydrogen (secondary N) is 1. The van der Waals surface area contributed by atoms with Crippen LogP contribution >= 0.6 is 22.9 Å². The molecule has 0 aliphatic heterocycles. The Kier molecular flexibility index (Phi) is 4.97. The molecule has 1 aromatic heterocycles. The molecule has 0 spiro atoms. The second kappa shape index (κ2) is 7.16. The molecule has 0 aliphatic carbocycles. The number of halogens is 1. The number of rotatable bonds is 4. The van der Waals surface area contributed by atoms with E-state index in [2.05, 4.69) is 10.3 Å². The fourth-order valence-corrected chi connectivity index (χ4v) is 3.49. The Labute approximate surface area is 150 Å². The SMILES string of the molecule is CCc1nc(-c2ccc(Cl)cc2)sc1C(=O)Nc1ccc(C)cc1. The Morgan fingerprint density at radius 2 is 1.79 bits per heavy atom. The molecule has 0 radical (unpaired) electrons. The molecule has 2 aromatic carbocycles. The summed E-state index contributed by atoms with van der Waals surface area (Å²) in [6, 6.07) is 15.3. The zero-order valence-corrected chi connectivity index (χ0v) is 15.0. The summed E-state index contributed by atoms with van der Waals surface area (Å²) in [4.78, 5) is 17.9. The molecule has 1 amide bonds. The molecule has 24 heavy (non-hydrogen) atoms. The largest absolute Gasteiger partial charge is 0.321 e. The van der Waals surface area contributed by atoms with E-state index in [-0.39, 0.29) is 5.91 Å². The second-order valence-corrected chi connectivity index (χ2v) is 6.91. The predicted octanol–water partition coefficient (Wildman–Crippen LogP) is 5.59. The smallest absolute Gasteiger partial charge is 0.267 e. The topological polar surface area (TPSA) is 42.0 Å². The summed E-state index contributed by atoms with van der Waals surface area (Å²) < 4.78 is 0. The number of hydrogen-bond donors (Lipinski definition) is 1. The number of carbonyl (C=O) groups excluding carboxylic acids is 1. The van der Waals surface area contributed by atoms with Gasteiger partial charge in [-0.3, -0.25) is 4.79 Å². The average molecular weight is 357 g/mol. The fraction of sp³-hybridized carbons (Fsp3) is 0.158. The van der Waals surface area contributed by atoms with Crippen molar-refractivity contribution >= 4 is 34.5 Å². The molecule has 122 valence electrons. The van der Waals surface area contributed by atoms with Crippen LogP contribution in [0, 0.1) is 6.92 Å². The van der Waals surface area contributed by atoms with Crippen molar-refractivity contribution in [3.63, 3.8) is 0 Å². The van der Waals surface area contributed by atoms with E-state index in [4.69, 9.17) is 11.6 Å². The van der Waals surface area contributed by atoms with Gasteiger partial charge in [-0.25, -0.2) is 4.98 Å². The van der Waals surface area contributed by atoms with Crippen molar-refractivity contribution in [3.05, 3.63) is 69.7 Å². The molecule has 3 rings (SSSR count). The predicted molar refractivity (Wildman–Crippen MR) is 101 cm³/mol. The van der Waals surface area contributed by atoms with Crippen molar-refractivity contribution in [1.82, 2.24) is 4.98 Å². The number of benzene rings is 2. The van der Waals surface area contributed by atoms with Crippen LogP contribution in [0.15, 0.2) is 48.5 Å². The van der Waals surface area contributed by atoms with Crippen LogP contribution in [0.25, 0.3) is 10.6 Å². The van der Waals surface area contributed by atoms with Gasteiger partial charge in [0.1, 0.15) is 9.88 Å². The van der Waals surface area contributed by atoms with Crippen LogP contribution in [0.2, 0.25) is 5.02 Å². The van der Waals surface area contributed by atoms with E-state index < -0.39 is 0 Å². The lowest BCUT2D eigenvalue weighted by atomic mass is 10.2. The van der Waals surface area contributed by atoms with Gasteiger partial charge in [-0.05, 0) is 37.6 Å². The van der Waals surface area contributed by atoms with Gasteiger partial charge in [-0.1, -0.05) is 48.4 Å². The number of hydrogen-bond acceptors (Lipinski definition) is 3. The number of amides is 1. The van der Waals surface area contributed by atoms with Gasteiger partial charge < -0.3 is 5.32 Å². The number of thiazole rings is 1. The summed E-state index contributed by atoms with van der Waals surface area (Å²) in [5, 5.41) is 4.46. The highest BCUT2D eigenvalue weighted by Gasteiger charge is 2.18. The minimum atomic E-state index is -0.117. The van der Waals surface area contributed by atoms with Crippen molar-refractivity contribution in [2.24, 2.45) is 0 Å². The fourth-order valence-electron chi connectivity index (χ4n) is 2.31. The first-order valence-electron chi connectivity index (χ1n) is 7.70. The highest BCUT2D eigenvalue weighted by molar-refractivity contribution is 7.17. The third-order valence-electron chi connectivity index (χ3n) is 3.64. The van der Waals surface area contributed by atoms with E-state index in [1.54, 1.807) is 0 Å². The zero-order valence-electron chi connectivity index (χ0n) is 13.5. The Morgan fingerprint density at radius 3 is 2.42 bits per heavy atom. The van der Waals surface area contributed by atoms with Crippen LogP contribution < -0.4 is 5.32 Å². The maximum Gasteiger partial charge on any atom is 0.267 e. The van der Waals surface area contributed by atoms with Gasteiger partial charge in [0.2, 0.25) is 0 Å². The van der Waals surface area contributed by atoms with E-state index in [9.17, 15) is 4.79 Å². The molecule has 0 bridgehead atoms. The highest BCUT2D eigenvalue weighted by atomic mass is 35.5. The number of nitrogens with zero attached hydrogens (tertiary/aromatic N) is 1. The van der Waals surface area contributed by atoms with Gasteiger partial charge in [0.25, 0.3) is 5.91 Å². The number of aromatic nitrogens is 1. The Balaban J connectivity index is 1.88. The van der Waals surface area contributed by atoms with Crippen LogP contribution in [0.3, 0.4) is 0 Å². The molecule has 3 nitrogen and oxygen atoms in total. The Bertz CT molecular complexity index is 854. The van der Waals surface area contributed by atoms with Gasteiger partial charge >= 0.3 is 0 Å². The lowest BCUT2D eigenvalue weighted by Gasteiger charge is -2.04. The standard InChI is InChI=1S/C19H17ClN2OS/c1-3-16-17(18(23)21-15-10-4-12(2)5-11-15)24-19(22-16)13-6-8-14(20)9-7-13/h4-11H,3H2,1-2H3,(H,21,23). The van der Waals surface area contributed by atoms with Gasteiger partial charge in [0.05, 0.1) is 5.69 Å². The van der Waals surface area contributed by atoms with Crippen molar-refractivity contribution in [2.45, 2.75) is 20.3 Å². The van der Waals surface area contributed by atoms with Crippen LogP contribution in [-0.4, -0.2) is 10.9 Å². The van der Waals surface area contributed by atoms with E-state index in [1.165, 1.54) is 11.3 Å². The summed E-state index contributed by atoms with van der Waals surface area (Å²) >= 11 is 7.34. The van der Waals surface area contributed by atoms with Crippen LogP contribution in [0.5, 0.6) is 0 Å². The highest BCUT2D eigenvalue weighted by Crippen LogP contribution is 2.30. The molecule has 0 saturated heterocycles. The lowest BCUT2D eigenvalue weighted by molar-refractivity contribution is 0.102. The summed E-state index contributed by atoms with van der Waals surface area (Å²) in [6.45, 7) is 4.02. The number of anilines is 1. The van der Waals surface area contributed by atoms with Gasteiger partial charge in [-0.15, -0.1) is 11.3 Å². The van der Waals surface area contributed by atoms with Crippen molar-refractivity contribution in [2.75, 3.05) is 5.32 Å². The Morgan fingerprint density at radius 1 is 1.12 bits per heavy atom. The molecular weight excluding hydrogens is 340 g/mol. The lowest BCUT2D eigenvalue weighted by Crippen LogP contribution is -2.12. The second-order valence-electron chi connectivity index (χ2n) is 5.48. The molecule has 5 heteroatoms. The molecule has 0 atom stereocenters. The van der Waals surface area contributed by atoms with Crippen molar-refractivity contribution < 1.29 is 4.79 Å². The van der Waals surface area contributed by atoms with Gasteiger partial charge in [0.15, 0.2) is 0 Å². The summed E-state index contributed by atoms with van der Waals surface area (Å²) in [5.74, 6) is -0.117. The first kappa shape index (κ1) is 16.7. The first-order chi connectivity index (χ1) is 11.6. The summed E-state index contributed by atoms with van der Waals surface area (Å²) in [5.41, 5.74) is 3.72. The Hall–Kier alpha value is -2.17. The third kappa shape index (κ3) is 3.66. The zero-order chi connectivity index (χ0) is 17.1. The van der Waals surface area contributed by atoms with Gasteiger partial charge in [-0.2, -0.15) is 0 Å². The first-order valence-corrected chi connectivity index (χ1v) is 8.90. The van der Waals surface area contributed by atoms with Crippen LogP contribution in [0.4, 0.5) is 5.69 Å².